The van der Waals surface area contributed by atoms with Gasteiger partial charge in [0.2, 0.25) is 5.91 Å². The molecule has 144 valence electrons. The Labute approximate surface area is 160 Å². The molecule has 1 aliphatic heterocycles. The van der Waals surface area contributed by atoms with Crippen LogP contribution in [-0.4, -0.2) is 32.0 Å². The Morgan fingerprint density at radius 2 is 1.78 bits per heavy atom. The van der Waals surface area contributed by atoms with Crippen LogP contribution in [0.5, 0.6) is 17.2 Å². The molecule has 0 atom stereocenters. The van der Waals surface area contributed by atoms with Gasteiger partial charge in [-0.2, -0.15) is 0 Å². The number of fused-ring (bicyclic) bond motifs is 1. The summed E-state index contributed by atoms with van der Waals surface area (Å²) in [5.41, 5.74) is 0.497. The normalized spacial score (nSPS) is 13.0. The lowest BCUT2D eigenvalue weighted by Crippen LogP contribution is -2.23. The van der Waals surface area contributed by atoms with Crippen LogP contribution >= 0.6 is 15.9 Å². The first-order valence-electron chi connectivity index (χ1n) is 7.79. The minimum absolute atomic E-state index is 0.0474. The van der Waals surface area contributed by atoms with E-state index in [9.17, 15) is 18.0 Å². The van der Waals surface area contributed by atoms with Gasteiger partial charge in [-0.15, -0.1) is 13.2 Å². The molecule has 0 radical (unpaired) electrons. The van der Waals surface area contributed by atoms with Crippen molar-refractivity contribution in [3.8, 4) is 17.2 Å². The molecular formula is C17H14BrF3N2O4. The van der Waals surface area contributed by atoms with E-state index in [0.29, 0.717) is 34.9 Å². The summed E-state index contributed by atoms with van der Waals surface area (Å²) in [4.78, 5) is 12.2. The first kappa shape index (κ1) is 19.2. The van der Waals surface area contributed by atoms with Crippen LogP contribution in [0.3, 0.4) is 0 Å². The summed E-state index contributed by atoms with van der Waals surface area (Å²) in [5, 5.41) is 5.28. The topological polar surface area (TPSA) is 68.8 Å². The highest BCUT2D eigenvalue weighted by atomic mass is 79.9. The molecule has 3 rings (SSSR count). The predicted molar refractivity (Wildman–Crippen MR) is 95.4 cm³/mol. The van der Waals surface area contributed by atoms with Gasteiger partial charge >= 0.3 is 6.36 Å². The number of carbonyl (C=O) groups excluding carboxylic acids is 1. The molecule has 0 spiro atoms. The molecule has 0 saturated carbocycles. The molecule has 0 aliphatic carbocycles. The molecule has 2 aromatic rings. The number of halogens is 4. The number of carbonyl (C=O) groups is 1. The lowest BCUT2D eigenvalue weighted by molar-refractivity contribution is -0.274. The fraction of sp³-hybridized carbons (Fsp3) is 0.235. The molecule has 0 unspecified atom stereocenters. The van der Waals surface area contributed by atoms with Crippen molar-refractivity contribution in [2.45, 2.75) is 6.36 Å². The molecule has 1 amide bonds. The van der Waals surface area contributed by atoms with E-state index in [1.165, 1.54) is 18.2 Å². The van der Waals surface area contributed by atoms with Crippen molar-refractivity contribution < 1.29 is 32.2 Å². The van der Waals surface area contributed by atoms with Gasteiger partial charge in [0, 0.05) is 16.6 Å². The summed E-state index contributed by atoms with van der Waals surface area (Å²) in [6, 6.07) is 8.75. The zero-order chi connectivity index (χ0) is 19.4. The molecule has 0 fully saturated rings. The molecule has 10 heteroatoms. The van der Waals surface area contributed by atoms with Gasteiger partial charge in [0.1, 0.15) is 13.2 Å². The summed E-state index contributed by atoms with van der Waals surface area (Å²) >= 11 is 3.33. The summed E-state index contributed by atoms with van der Waals surface area (Å²) in [6.07, 6.45) is -4.82. The van der Waals surface area contributed by atoms with Crippen LogP contribution in [0.2, 0.25) is 0 Å². The summed E-state index contributed by atoms with van der Waals surface area (Å²) in [7, 11) is 0. The number of alkyl halides is 3. The van der Waals surface area contributed by atoms with Crippen molar-refractivity contribution in [3.05, 3.63) is 40.9 Å². The van der Waals surface area contributed by atoms with Crippen molar-refractivity contribution in [2.75, 3.05) is 30.4 Å². The molecular weight excluding hydrogens is 433 g/mol. The van der Waals surface area contributed by atoms with Crippen LogP contribution in [0.4, 0.5) is 24.5 Å². The lowest BCUT2D eigenvalue weighted by Gasteiger charge is -2.20. The number of ether oxygens (including phenoxy) is 3. The van der Waals surface area contributed by atoms with Crippen LogP contribution in [0.1, 0.15) is 0 Å². The maximum Gasteiger partial charge on any atom is 0.573 e. The van der Waals surface area contributed by atoms with Crippen molar-refractivity contribution in [1.29, 1.82) is 0 Å². The predicted octanol–water partition coefficient (Wildman–Crippen LogP) is 4.17. The van der Waals surface area contributed by atoms with Gasteiger partial charge in [-0.1, -0.05) is 12.1 Å². The second-order valence-corrected chi connectivity index (χ2v) is 6.28. The zero-order valence-electron chi connectivity index (χ0n) is 13.7. The Balaban J connectivity index is 1.64. The Kier molecular flexibility index (Phi) is 5.64. The highest BCUT2D eigenvalue weighted by molar-refractivity contribution is 9.10. The highest BCUT2D eigenvalue weighted by Crippen LogP contribution is 2.38. The molecule has 1 heterocycles. The molecule has 27 heavy (non-hydrogen) atoms. The largest absolute Gasteiger partial charge is 0.573 e. The average Bonchev–Trinajstić information content (AvgIpc) is 2.60. The van der Waals surface area contributed by atoms with Crippen LogP contribution in [-0.2, 0) is 4.79 Å². The molecule has 0 saturated heterocycles. The van der Waals surface area contributed by atoms with Crippen LogP contribution in [0.15, 0.2) is 40.9 Å². The van der Waals surface area contributed by atoms with E-state index < -0.39 is 18.0 Å². The van der Waals surface area contributed by atoms with Gasteiger partial charge < -0.3 is 24.8 Å². The van der Waals surface area contributed by atoms with Gasteiger partial charge in [-0.05, 0) is 28.1 Å². The van der Waals surface area contributed by atoms with Gasteiger partial charge in [0.25, 0.3) is 0 Å². The number of nitrogens with one attached hydrogen (secondary N) is 2. The van der Waals surface area contributed by atoms with Crippen LogP contribution in [0.25, 0.3) is 0 Å². The van der Waals surface area contributed by atoms with Crippen molar-refractivity contribution >= 4 is 33.2 Å². The van der Waals surface area contributed by atoms with E-state index in [0.717, 1.165) is 6.07 Å². The number of rotatable bonds is 5. The van der Waals surface area contributed by atoms with E-state index in [4.69, 9.17) is 9.47 Å². The van der Waals surface area contributed by atoms with Gasteiger partial charge in [0.05, 0.1) is 17.9 Å². The van der Waals surface area contributed by atoms with E-state index in [1.54, 1.807) is 12.1 Å². The standard InChI is InChI=1S/C17H14BrF3N2O4/c18-10-7-14-15(26-6-5-25-14)8-12(10)23-16(24)9-22-11-3-1-2-4-13(11)27-17(19,20)21/h1-4,7-8,22H,5-6,9H2,(H,23,24). The van der Waals surface area contributed by atoms with E-state index in [1.807, 2.05) is 0 Å². The number of anilines is 2. The van der Waals surface area contributed by atoms with Crippen molar-refractivity contribution in [2.24, 2.45) is 0 Å². The first-order valence-corrected chi connectivity index (χ1v) is 8.59. The third-order valence-corrected chi connectivity index (χ3v) is 4.11. The second kappa shape index (κ2) is 7.95. The summed E-state index contributed by atoms with van der Waals surface area (Å²) in [6.45, 7) is 0.577. The second-order valence-electron chi connectivity index (χ2n) is 5.42. The number of hydrogen-bond acceptors (Lipinski definition) is 5. The van der Waals surface area contributed by atoms with Crippen LogP contribution in [0, 0.1) is 0 Å². The fourth-order valence-electron chi connectivity index (χ4n) is 2.36. The molecule has 1 aliphatic rings. The maximum atomic E-state index is 12.4. The Morgan fingerprint density at radius 3 is 2.48 bits per heavy atom. The lowest BCUT2D eigenvalue weighted by atomic mass is 10.2. The van der Waals surface area contributed by atoms with E-state index >= 15 is 0 Å². The van der Waals surface area contributed by atoms with Gasteiger partial charge in [-0.25, -0.2) is 0 Å². The van der Waals surface area contributed by atoms with E-state index in [-0.39, 0.29) is 12.2 Å². The average molecular weight is 447 g/mol. The number of amides is 1. The molecule has 0 aromatic heterocycles. The Morgan fingerprint density at radius 1 is 1.11 bits per heavy atom. The summed E-state index contributed by atoms with van der Waals surface area (Å²) in [5.74, 6) is 0.173. The Bertz CT molecular complexity index is 845. The maximum absolute atomic E-state index is 12.4. The molecule has 2 N–H and O–H groups in total. The quantitative estimate of drug-likeness (QED) is 0.721. The van der Waals surface area contributed by atoms with Gasteiger partial charge in [-0.3, -0.25) is 4.79 Å². The molecule has 6 nitrogen and oxygen atoms in total. The highest BCUT2D eigenvalue weighted by Gasteiger charge is 2.32. The van der Waals surface area contributed by atoms with Gasteiger partial charge in [0.15, 0.2) is 17.2 Å². The third-order valence-electron chi connectivity index (χ3n) is 3.46. The van der Waals surface area contributed by atoms with Crippen LogP contribution < -0.4 is 24.8 Å². The van der Waals surface area contributed by atoms with E-state index in [2.05, 4.69) is 31.3 Å². The first-order chi connectivity index (χ1) is 12.8. The third kappa shape index (κ3) is 5.19. The minimum atomic E-state index is -4.82. The fourth-order valence-corrected chi connectivity index (χ4v) is 2.78. The van der Waals surface area contributed by atoms with Crippen molar-refractivity contribution in [1.82, 2.24) is 0 Å². The number of benzene rings is 2. The molecule has 0 bridgehead atoms. The van der Waals surface area contributed by atoms with Crippen molar-refractivity contribution in [3.63, 3.8) is 0 Å². The smallest absolute Gasteiger partial charge is 0.486 e. The Hall–Kier alpha value is -2.62. The SMILES string of the molecule is O=C(CNc1ccccc1OC(F)(F)F)Nc1cc2c(cc1Br)OCCO2. The number of para-hydroxylation sites is 2. The number of hydrogen-bond donors (Lipinski definition) is 2. The summed E-state index contributed by atoms with van der Waals surface area (Å²) < 4.78 is 52.7. The zero-order valence-corrected chi connectivity index (χ0v) is 15.3. The monoisotopic (exact) mass is 446 g/mol. The minimum Gasteiger partial charge on any atom is -0.486 e. The molecule has 2 aromatic carbocycles.